The van der Waals surface area contributed by atoms with Crippen LogP contribution in [0.5, 0.6) is 5.75 Å². The van der Waals surface area contributed by atoms with Crippen molar-refractivity contribution in [1.29, 1.82) is 0 Å². The Morgan fingerprint density at radius 3 is 2.78 bits per heavy atom. The van der Waals surface area contributed by atoms with Crippen LogP contribution in [0, 0.1) is 5.82 Å². The van der Waals surface area contributed by atoms with Gasteiger partial charge in [0.15, 0.2) is 0 Å². The molecule has 2 aliphatic rings. The number of amides is 1. The van der Waals surface area contributed by atoms with Gasteiger partial charge in [0.1, 0.15) is 11.6 Å². The molecule has 1 saturated heterocycles. The Labute approximate surface area is 158 Å². The number of hydrogen-bond donors (Lipinski definition) is 1. The molecule has 0 saturated carbocycles. The maximum atomic E-state index is 13.8. The van der Waals surface area contributed by atoms with Crippen molar-refractivity contribution in [3.05, 3.63) is 65.0 Å². The molecule has 2 aromatic rings. The average molecular weight is 369 g/mol. The molecule has 2 heterocycles. The monoisotopic (exact) mass is 369 g/mol. The van der Waals surface area contributed by atoms with E-state index >= 15 is 0 Å². The zero-order chi connectivity index (χ0) is 18.7. The van der Waals surface area contributed by atoms with Crippen molar-refractivity contribution in [2.45, 2.75) is 31.1 Å². The van der Waals surface area contributed by atoms with Crippen molar-refractivity contribution in [3.8, 4) is 5.75 Å². The third-order valence-electron chi connectivity index (χ3n) is 5.63. The fourth-order valence-electron chi connectivity index (χ4n) is 4.01. The van der Waals surface area contributed by atoms with Gasteiger partial charge in [-0.3, -0.25) is 4.79 Å². The number of carbonyl (C=O) groups is 1. The van der Waals surface area contributed by atoms with Crippen LogP contribution in [-0.2, 0) is 27.8 Å². The van der Waals surface area contributed by atoms with Gasteiger partial charge in [-0.1, -0.05) is 24.3 Å². The molecule has 0 spiro atoms. The number of halogens is 1. The molecule has 2 aliphatic heterocycles. The molecule has 5 heteroatoms. The van der Waals surface area contributed by atoms with Gasteiger partial charge < -0.3 is 14.8 Å². The second-order valence-corrected chi connectivity index (χ2v) is 7.40. The van der Waals surface area contributed by atoms with Gasteiger partial charge in [0.05, 0.1) is 13.0 Å². The summed E-state index contributed by atoms with van der Waals surface area (Å²) in [6, 6.07) is 12.7. The average Bonchev–Trinajstić information content (AvgIpc) is 3.15. The van der Waals surface area contributed by atoms with Gasteiger partial charge in [0.25, 0.3) is 0 Å². The topological polar surface area (TPSA) is 47.6 Å². The number of hydrogen-bond acceptors (Lipinski definition) is 3. The van der Waals surface area contributed by atoms with Crippen LogP contribution in [0.4, 0.5) is 4.39 Å². The van der Waals surface area contributed by atoms with Crippen LogP contribution >= 0.6 is 0 Å². The van der Waals surface area contributed by atoms with Crippen LogP contribution in [0.1, 0.15) is 29.5 Å². The smallest absolute Gasteiger partial charge is 0.224 e. The van der Waals surface area contributed by atoms with Gasteiger partial charge in [0.2, 0.25) is 5.91 Å². The largest absolute Gasteiger partial charge is 0.493 e. The number of rotatable bonds is 5. The van der Waals surface area contributed by atoms with Gasteiger partial charge in [-0.2, -0.15) is 0 Å². The summed E-state index contributed by atoms with van der Waals surface area (Å²) in [6.07, 6.45) is 2.77. The van der Waals surface area contributed by atoms with Gasteiger partial charge in [-0.25, -0.2) is 4.39 Å². The molecule has 1 fully saturated rings. The number of carbonyl (C=O) groups excluding carboxylic acids is 1. The maximum absolute atomic E-state index is 13.8. The van der Waals surface area contributed by atoms with Crippen LogP contribution < -0.4 is 10.1 Å². The summed E-state index contributed by atoms with van der Waals surface area (Å²) in [5, 5.41) is 3.08. The van der Waals surface area contributed by atoms with E-state index in [1.54, 1.807) is 12.1 Å². The molecular formula is C22H24FNO3. The van der Waals surface area contributed by atoms with Crippen molar-refractivity contribution in [2.24, 2.45) is 0 Å². The molecule has 2 aromatic carbocycles. The van der Waals surface area contributed by atoms with E-state index in [1.807, 2.05) is 18.2 Å². The lowest BCUT2D eigenvalue weighted by Crippen LogP contribution is -2.45. The minimum atomic E-state index is -0.276. The lowest BCUT2D eigenvalue weighted by atomic mass is 9.74. The molecule has 1 N–H and O–H groups in total. The molecule has 27 heavy (non-hydrogen) atoms. The normalized spacial score (nSPS) is 17.8. The fraction of sp³-hybridized carbons (Fsp3) is 0.409. The van der Waals surface area contributed by atoms with E-state index in [2.05, 4.69) is 11.4 Å². The minimum absolute atomic E-state index is 0.0175. The zero-order valence-electron chi connectivity index (χ0n) is 15.3. The lowest BCUT2D eigenvalue weighted by Gasteiger charge is -2.38. The van der Waals surface area contributed by atoms with E-state index in [1.165, 1.54) is 11.6 Å². The van der Waals surface area contributed by atoms with E-state index in [-0.39, 0.29) is 17.1 Å². The predicted molar refractivity (Wildman–Crippen MR) is 100 cm³/mol. The van der Waals surface area contributed by atoms with Crippen molar-refractivity contribution in [1.82, 2.24) is 5.32 Å². The molecule has 4 rings (SSSR count). The maximum Gasteiger partial charge on any atom is 0.224 e. The number of fused-ring (bicyclic) bond motifs is 1. The number of nitrogens with one attached hydrogen (secondary N) is 1. The first kappa shape index (κ1) is 18.0. The number of benzene rings is 2. The first-order valence-corrected chi connectivity index (χ1v) is 9.50. The molecule has 0 bridgehead atoms. The van der Waals surface area contributed by atoms with Crippen LogP contribution in [0.15, 0.2) is 42.5 Å². The zero-order valence-corrected chi connectivity index (χ0v) is 15.3. The van der Waals surface area contributed by atoms with Crippen LogP contribution in [0.3, 0.4) is 0 Å². The van der Waals surface area contributed by atoms with Crippen LogP contribution in [0.2, 0.25) is 0 Å². The molecular weight excluding hydrogens is 345 g/mol. The Bertz CT molecular complexity index is 830. The van der Waals surface area contributed by atoms with Gasteiger partial charge in [0, 0.05) is 31.6 Å². The SMILES string of the molecule is O=C(Cc1ccc2c(c1)CCO2)NCC1(c2cccc(F)c2)CCOCC1. The summed E-state index contributed by atoms with van der Waals surface area (Å²) in [4.78, 5) is 12.5. The summed E-state index contributed by atoms with van der Waals surface area (Å²) in [6.45, 7) is 2.45. The van der Waals surface area contributed by atoms with Crippen LogP contribution in [0.25, 0.3) is 0 Å². The lowest BCUT2D eigenvalue weighted by molar-refractivity contribution is -0.120. The third-order valence-corrected chi connectivity index (χ3v) is 5.63. The summed E-state index contributed by atoms with van der Waals surface area (Å²) in [7, 11) is 0. The van der Waals surface area contributed by atoms with E-state index in [4.69, 9.17) is 9.47 Å². The molecule has 0 aliphatic carbocycles. The van der Waals surface area contributed by atoms with Gasteiger partial charge >= 0.3 is 0 Å². The molecule has 0 unspecified atom stereocenters. The standard InChI is InChI=1S/C22H24FNO3/c23-19-3-1-2-18(14-19)22(7-10-26-11-8-22)15-24-21(25)13-16-4-5-20-17(12-16)6-9-27-20/h1-5,12,14H,6-11,13,15H2,(H,24,25). The Morgan fingerprint density at radius 2 is 1.96 bits per heavy atom. The summed E-state index contributed by atoms with van der Waals surface area (Å²) >= 11 is 0. The molecule has 0 aromatic heterocycles. The predicted octanol–water partition coefficient (Wildman–Crippen LogP) is 3.17. The highest BCUT2D eigenvalue weighted by Gasteiger charge is 2.35. The first-order chi connectivity index (χ1) is 13.1. The van der Waals surface area contributed by atoms with E-state index in [0.717, 1.165) is 36.1 Å². The van der Waals surface area contributed by atoms with E-state index < -0.39 is 0 Å². The van der Waals surface area contributed by atoms with Crippen molar-refractivity contribution in [2.75, 3.05) is 26.4 Å². The highest BCUT2D eigenvalue weighted by molar-refractivity contribution is 5.78. The Kier molecular flexibility index (Phi) is 5.12. The second-order valence-electron chi connectivity index (χ2n) is 7.40. The Hall–Kier alpha value is -2.40. The third kappa shape index (κ3) is 3.98. The van der Waals surface area contributed by atoms with Crippen LogP contribution in [-0.4, -0.2) is 32.3 Å². The molecule has 142 valence electrons. The Morgan fingerprint density at radius 1 is 1.11 bits per heavy atom. The quantitative estimate of drug-likeness (QED) is 0.881. The Balaban J connectivity index is 1.44. The minimum Gasteiger partial charge on any atom is -0.493 e. The first-order valence-electron chi connectivity index (χ1n) is 9.50. The summed E-state index contributed by atoms with van der Waals surface area (Å²) in [5.74, 6) is 0.660. The fourth-order valence-corrected chi connectivity index (χ4v) is 4.01. The summed E-state index contributed by atoms with van der Waals surface area (Å²) in [5.41, 5.74) is 2.81. The highest BCUT2D eigenvalue weighted by atomic mass is 19.1. The summed E-state index contributed by atoms with van der Waals surface area (Å²) < 4.78 is 24.8. The molecule has 0 atom stereocenters. The molecule has 1 amide bonds. The highest BCUT2D eigenvalue weighted by Crippen LogP contribution is 2.34. The molecule has 4 nitrogen and oxygen atoms in total. The second kappa shape index (κ2) is 7.69. The number of ether oxygens (including phenoxy) is 2. The van der Waals surface area contributed by atoms with E-state index in [0.29, 0.717) is 32.8 Å². The van der Waals surface area contributed by atoms with Crippen molar-refractivity contribution in [3.63, 3.8) is 0 Å². The van der Waals surface area contributed by atoms with Crippen molar-refractivity contribution < 1.29 is 18.7 Å². The van der Waals surface area contributed by atoms with Gasteiger partial charge in [-0.15, -0.1) is 0 Å². The van der Waals surface area contributed by atoms with E-state index in [9.17, 15) is 9.18 Å². The molecule has 0 radical (unpaired) electrons. The van der Waals surface area contributed by atoms with Gasteiger partial charge in [-0.05, 0) is 47.7 Å². The van der Waals surface area contributed by atoms with Crippen molar-refractivity contribution >= 4 is 5.91 Å².